The van der Waals surface area contributed by atoms with Crippen molar-refractivity contribution in [3.63, 3.8) is 0 Å². The van der Waals surface area contributed by atoms with Crippen molar-refractivity contribution >= 4 is 27.7 Å². The maximum absolute atomic E-state index is 13.2. The molecule has 2 N–H and O–H groups in total. The van der Waals surface area contributed by atoms with Crippen molar-refractivity contribution in [3.05, 3.63) is 34.1 Å². The van der Waals surface area contributed by atoms with Crippen molar-refractivity contribution in [2.24, 2.45) is 0 Å². The second-order valence-electron chi connectivity index (χ2n) is 4.11. The molecule has 1 fully saturated rings. The zero-order valence-electron chi connectivity index (χ0n) is 9.50. The lowest BCUT2D eigenvalue weighted by Crippen LogP contribution is -2.38. The lowest BCUT2D eigenvalue weighted by Gasteiger charge is -2.12. The van der Waals surface area contributed by atoms with E-state index in [1.165, 1.54) is 18.2 Å². The summed E-state index contributed by atoms with van der Waals surface area (Å²) in [6.45, 7) is 0.355. The quantitative estimate of drug-likeness (QED) is 0.890. The van der Waals surface area contributed by atoms with Gasteiger partial charge in [-0.25, -0.2) is 4.39 Å². The number of amides is 2. The number of rotatable bonds is 3. The van der Waals surface area contributed by atoms with Crippen LogP contribution in [0.25, 0.3) is 0 Å². The van der Waals surface area contributed by atoms with Crippen LogP contribution in [0.3, 0.4) is 0 Å². The van der Waals surface area contributed by atoms with E-state index >= 15 is 0 Å². The minimum absolute atomic E-state index is 0.00110. The van der Waals surface area contributed by atoms with Gasteiger partial charge in [0.1, 0.15) is 5.82 Å². The van der Waals surface area contributed by atoms with Crippen LogP contribution in [0.1, 0.15) is 23.2 Å². The van der Waals surface area contributed by atoms with Gasteiger partial charge in [0.25, 0.3) is 5.91 Å². The van der Waals surface area contributed by atoms with Gasteiger partial charge in [0.05, 0.1) is 10.0 Å². The van der Waals surface area contributed by atoms with Gasteiger partial charge in [-0.2, -0.15) is 0 Å². The number of nitrogens with one attached hydrogen (secondary N) is 2. The summed E-state index contributed by atoms with van der Waals surface area (Å²) in [5.41, 5.74) is 0.249. The van der Waals surface area contributed by atoms with Gasteiger partial charge < -0.3 is 10.6 Å². The summed E-state index contributed by atoms with van der Waals surface area (Å²) in [6, 6.07) is 4.26. The lowest BCUT2D eigenvalue weighted by molar-refractivity contribution is -0.119. The van der Waals surface area contributed by atoms with Crippen LogP contribution in [-0.2, 0) is 4.79 Å². The summed E-state index contributed by atoms with van der Waals surface area (Å²) in [5.74, 6) is -0.833. The molecule has 1 aliphatic heterocycles. The zero-order chi connectivity index (χ0) is 13.1. The van der Waals surface area contributed by atoms with Crippen LogP contribution in [0.15, 0.2) is 22.7 Å². The van der Waals surface area contributed by atoms with Gasteiger partial charge in [-0.15, -0.1) is 0 Å². The molecule has 1 atom stereocenters. The van der Waals surface area contributed by atoms with E-state index in [4.69, 9.17) is 0 Å². The van der Waals surface area contributed by atoms with E-state index in [1.54, 1.807) is 0 Å². The van der Waals surface area contributed by atoms with Crippen LogP contribution in [0.4, 0.5) is 4.39 Å². The third kappa shape index (κ3) is 2.87. The second-order valence-corrected chi connectivity index (χ2v) is 4.91. The molecule has 18 heavy (non-hydrogen) atoms. The molecule has 2 rings (SSSR count). The summed E-state index contributed by atoms with van der Waals surface area (Å²) in [7, 11) is 0. The van der Waals surface area contributed by atoms with Gasteiger partial charge >= 0.3 is 0 Å². The molecule has 0 spiro atoms. The average molecular weight is 315 g/mol. The molecular formula is C12H12BrFN2O2. The van der Waals surface area contributed by atoms with Gasteiger partial charge in [0.15, 0.2) is 0 Å². The molecule has 2 amide bonds. The molecule has 1 unspecified atom stereocenters. The predicted molar refractivity (Wildman–Crippen MR) is 67.6 cm³/mol. The fraction of sp³-hybridized carbons (Fsp3) is 0.333. The molecule has 1 aromatic rings. The molecule has 4 nitrogen and oxygen atoms in total. The first-order valence-corrected chi connectivity index (χ1v) is 6.39. The molecule has 0 aromatic heterocycles. The van der Waals surface area contributed by atoms with Crippen LogP contribution in [0.5, 0.6) is 0 Å². The first kappa shape index (κ1) is 13.0. The van der Waals surface area contributed by atoms with E-state index < -0.39 is 5.82 Å². The number of carbonyl (C=O) groups is 2. The highest BCUT2D eigenvalue weighted by atomic mass is 79.9. The molecule has 0 radical (unpaired) electrons. The largest absolute Gasteiger partial charge is 0.352 e. The van der Waals surface area contributed by atoms with Crippen LogP contribution in [0.2, 0.25) is 0 Å². The van der Waals surface area contributed by atoms with E-state index in [1.807, 2.05) is 0 Å². The molecule has 6 heteroatoms. The highest BCUT2D eigenvalue weighted by molar-refractivity contribution is 9.10. The standard InChI is InChI=1S/C12H12BrFN2O2/c13-11-8(2-1-3-9(11)14)12(18)15-6-7-4-5-10(17)16-7/h1-3,7H,4-6H2,(H,15,18)(H,16,17). The van der Waals surface area contributed by atoms with E-state index in [0.29, 0.717) is 19.4 Å². The number of halogens is 2. The molecule has 0 saturated carbocycles. The monoisotopic (exact) mass is 314 g/mol. The third-order valence-corrected chi connectivity index (χ3v) is 3.60. The Balaban J connectivity index is 1.95. The van der Waals surface area contributed by atoms with Crippen LogP contribution in [-0.4, -0.2) is 24.4 Å². The Morgan fingerprint density at radius 1 is 1.56 bits per heavy atom. The van der Waals surface area contributed by atoms with Crippen LogP contribution < -0.4 is 10.6 Å². The Hall–Kier alpha value is -1.43. The smallest absolute Gasteiger partial charge is 0.252 e. The normalized spacial score (nSPS) is 18.6. The minimum atomic E-state index is -0.475. The van der Waals surface area contributed by atoms with Gasteiger partial charge in [-0.05, 0) is 34.5 Å². The minimum Gasteiger partial charge on any atom is -0.352 e. The van der Waals surface area contributed by atoms with Gasteiger partial charge in [0, 0.05) is 19.0 Å². The molecule has 1 saturated heterocycles. The fourth-order valence-corrected chi connectivity index (χ4v) is 2.27. The predicted octanol–water partition coefficient (Wildman–Crippen LogP) is 1.60. The van der Waals surface area contributed by atoms with E-state index in [-0.39, 0.29) is 27.9 Å². The first-order valence-electron chi connectivity index (χ1n) is 5.59. The molecule has 0 bridgehead atoms. The maximum Gasteiger partial charge on any atom is 0.252 e. The molecular weight excluding hydrogens is 303 g/mol. The summed E-state index contributed by atoms with van der Waals surface area (Å²) in [6.07, 6.45) is 1.20. The average Bonchev–Trinajstić information content (AvgIpc) is 2.76. The van der Waals surface area contributed by atoms with Crippen molar-refractivity contribution in [1.82, 2.24) is 10.6 Å². The number of hydrogen-bond acceptors (Lipinski definition) is 2. The Labute approximate surface area is 112 Å². The number of carbonyl (C=O) groups excluding carboxylic acids is 2. The van der Waals surface area contributed by atoms with Crippen LogP contribution in [0, 0.1) is 5.82 Å². The first-order chi connectivity index (χ1) is 8.58. The van der Waals surface area contributed by atoms with Crippen LogP contribution >= 0.6 is 15.9 Å². The van der Waals surface area contributed by atoms with Gasteiger partial charge in [0.2, 0.25) is 5.91 Å². The highest BCUT2D eigenvalue weighted by Crippen LogP contribution is 2.20. The summed E-state index contributed by atoms with van der Waals surface area (Å²) in [5, 5.41) is 5.43. The summed E-state index contributed by atoms with van der Waals surface area (Å²) in [4.78, 5) is 22.8. The lowest BCUT2D eigenvalue weighted by atomic mass is 10.2. The van der Waals surface area contributed by atoms with E-state index in [2.05, 4.69) is 26.6 Å². The molecule has 96 valence electrons. The maximum atomic E-state index is 13.2. The molecule has 0 aliphatic carbocycles. The Morgan fingerprint density at radius 2 is 2.33 bits per heavy atom. The molecule has 1 aromatic carbocycles. The Bertz CT molecular complexity index is 493. The highest BCUT2D eigenvalue weighted by Gasteiger charge is 2.21. The van der Waals surface area contributed by atoms with Crippen molar-refractivity contribution < 1.29 is 14.0 Å². The van der Waals surface area contributed by atoms with Crippen molar-refractivity contribution in [2.45, 2.75) is 18.9 Å². The Kier molecular flexibility index (Phi) is 3.96. The zero-order valence-corrected chi connectivity index (χ0v) is 11.1. The summed E-state index contributed by atoms with van der Waals surface area (Å²) >= 11 is 3.04. The van der Waals surface area contributed by atoms with Crippen molar-refractivity contribution in [2.75, 3.05) is 6.54 Å². The number of hydrogen-bond donors (Lipinski definition) is 2. The topological polar surface area (TPSA) is 58.2 Å². The van der Waals surface area contributed by atoms with E-state index in [9.17, 15) is 14.0 Å². The molecule has 1 aliphatic rings. The van der Waals surface area contributed by atoms with Crippen molar-refractivity contribution in [3.8, 4) is 0 Å². The third-order valence-electron chi connectivity index (χ3n) is 2.79. The Morgan fingerprint density at radius 3 is 3.00 bits per heavy atom. The molecule has 1 heterocycles. The SMILES string of the molecule is O=C1CCC(CNC(=O)c2cccc(F)c2Br)N1. The summed E-state index contributed by atoms with van der Waals surface area (Å²) < 4.78 is 13.4. The fourth-order valence-electron chi connectivity index (χ4n) is 1.82. The van der Waals surface area contributed by atoms with E-state index in [0.717, 1.165) is 0 Å². The van der Waals surface area contributed by atoms with Gasteiger partial charge in [-0.3, -0.25) is 9.59 Å². The number of benzene rings is 1. The van der Waals surface area contributed by atoms with Crippen molar-refractivity contribution in [1.29, 1.82) is 0 Å². The second kappa shape index (κ2) is 5.48. The van der Waals surface area contributed by atoms with Gasteiger partial charge in [-0.1, -0.05) is 6.07 Å².